The Morgan fingerprint density at radius 1 is 0.436 bits per heavy atom. The molecule has 0 aromatic heterocycles. The zero-order valence-electron chi connectivity index (χ0n) is 36.8. The van der Waals surface area contributed by atoms with Gasteiger partial charge in [0, 0.05) is 0 Å². The van der Waals surface area contributed by atoms with Gasteiger partial charge in [0.25, 0.3) is 0 Å². The van der Waals surface area contributed by atoms with Gasteiger partial charge in [-0.2, -0.15) is 0 Å². The summed E-state index contributed by atoms with van der Waals surface area (Å²) < 4.78 is 4.22. The number of fused-ring (bicyclic) bond motifs is 2. The molecule has 1 heterocycles. The van der Waals surface area contributed by atoms with Crippen molar-refractivity contribution in [2.24, 2.45) is 0 Å². The molecule has 7 rings (SSSR count). The summed E-state index contributed by atoms with van der Waals surface area (Å²) in [5.41, 5.74) is 24.3. The molecule has 0 saturated carbocycles. The molecule has 0 N–H and O–H groups in total. The van der Waals surface area contributed by atoms with Gasteiger partial charge in [0.1, 0.15) is 0 Å². The fraction of sp³-hybridized carbons (Fsp3) is 0.462. The molecule has 2 aliphatic carbocycles. The second-order valence-electron chi connectivity index (χ2n) is 21.5. The third-order valence-electron chi connectivity index (χ3n) is 13.2. The maximum atomic E-state index is 2.63. The van der Waals surface area contributed by atoms with E-state index in [4.69, 9.17) is 0 Å². The summed E-state index contributed by atoms with van der Waals surface area (Å²) in [5, 5.41) is 0. The predicted octanol–water partition coefficient (Wildman–Crippen LogP) is 9.46. The van der Waals surface area contributed by atoms with Crippen molar-refractivity contribution in [3.05, 3.63) is 127 Å². The molecule has 4 aromatic rings. The van der Waals surface area contributed by atoms with Crippen LogP contribution in [0.15, 0.2) is 71.8 Å². The molecule has 1 saturated heterocycles. The first-order valence-corrected chi connectivity index (χ1v) is 26.7. The topological polar surface area (TPSA) is 0 Å². The summed E-state index contributed by atoms with van der Waals surface area (Å²) in [6.45, 7) is 38.1. The monoisotopic (exact) mass is 850 g/mol. The van der Waals surface area contributed by atoms with Crippen molar-refractivity contribution in [2.45, 2.75) is 148 Å². The van der Waals surface area contributed by atoms with Gasteiger partial charge < -0.3 is 24.8 Å². The Morgan fingerprint density at radius 2 is 0.727 bits per heavy atom. The number of benzene rings is 4. The van der Waals surface area contributed by atoms with Gasteiger partial charge in [0.2, 0.25) is 0 Å². The quantitative estimate of drug-likeness (QED) is 0.192. The van der Waals surface area contributed by atoms with Gasteiger partial charge in [-0.3, -0.25) is 0 Å². The molecule has 1 fully saturated rings. The van der Waals surface area contributed by atoms with Gasteiger partial charge in [-0.15, -0.1) is 0 Å². The number of rotatable bonds is 4. The molecule has 3 aliphatic rings. The number of allylic oxidation sites excluding steroid dienone is 2. The van der Waals surface area contributed by atoms with E-state index in [1.165, 1.54) is 75.0 Å². The van der Waals surface area contributed by atoms with Gasteiger partial charge in [-0.05, 0) is 0 Å². The minimum Gasteiger partial charge on any atom is -1.00 e. The Morgan fingerprint density at radius 3 is 0.982 bits per heavy atom. The zero-order valence-corrected chi connectivity index (χ0v) is 40.7. The molecule has 55 heavy (non-hydrogen) atoms. The first-order valence-electron chi connectivity index (χ1n) is 20.4. The molecule has 0 nitrogen and oxygen atoms in total. The Hall–Kier alpha value is -2.18. The van der Waals surface area contributed by atoms with Crippen LogP contribution in [0.5, 0.6) is 0 Å². The SMILES string of the molecule is CC1=Cc2c(-c3cc(C(C)(C)C)cc(C(C)(C)C)c3)ccc(C)c2[CH]1[Zr+2]1([CH]2C(C)=Cc3c(-c4cc(C(C)(C)C)cc(C(C)(C)C)c4)ccc(C)c32)[CH2][CH2]1.[Cl-].[Cl-]. The van der Waals surface area contributed by atoms with E-state index in [2.05, 4.69) is 184 Å². The average Bonchev–Trinajstić information content (AvgIpc) is 3.61. The summed E-state index contributed by atoms with van der Waals surface area (Å²) >= 11 is -2.86. The molecule has 2 unspecified atom stereocenters. The van der Waals surface area contributed by atoms with E-state index in [1.54, 1.807) is 22.3 Å². The summed E-state index contributed by atoms with van der Waals surface area (Å²) in [6, 6.07) is 24.7. The third-order valence-corrected chi connectivity index (χ3v) is 26.5. The van der Waals surface area contributed by atoms with Gasteiger partial charge in [0.15, 0.2) is 0 Å². The van der Waals surface area contributed by atoms with Crippen LogP contribution in [-0.4, -0.2) is 0 Å². The Labute approximate surface area is 352 Å². The maximum Gasteiger partial charge on any atom is -1.00 e. The first kappa shape index (κ1) is 43.9. The average molecular weight is 853 g/mol. The van der Waals surface area contributed by atoms with Gasteiger partial charge in [0.05, 0.1) is 0 Å². The Balaban J connectivity index is 0.00000290. The molecule has 292 valence electrons. The molecule has 3 heteroatoms. The van der Waals surface area contributed by atoms with Crippen LogP contribution in [0.2, 0.25) is 8.26 Å². The van der Waals surface area contributed by atoms with E-state index in [0.717, 1.165) is 0 Å². The summed E-state index contributed by atoms with van der Waals surface area (Å²) in [7, 11) is 0. The second kappa shape index (κ2) is 14.6. The molecule has 0 radical (unpaired) electrons. The molecule has 0 amide bonds. The second-order valence-corrected chi connectivity index (χ2v) is 32.8. The van der Waals surface area contributed by atoms with Gasteiger partial charge in [-0.1, -0.05) is 0 Å². The van der Waals surface area contributed by atoms with E-state index in [9.17, 15) is 0 Å². The number of aryl methyl sites for hydroxylation is 2. The predicted molar refractivity (Wildman–Crippen MR) is 230 cm³/mol. The van der Waals surface area contributed by atoms with Crippen LogP contribution in [0.25, 0.3) is 34.4 Å². The minimum absolute atomic E-state index is 0. The summed E-state index contributed by atoms with van der Waals surface area (Å²) in [6.07, 6.45) is 5.26. The van der Waals surface area contributed by atoms with Crippen molar-refractivity contribution in [1.82, 2.24) is 0 Å². The van der Waals surface area contributed by atoms with Crippen LogP contribution in [0.1, 0.15) is 160 Å². The zero-order chi connectivity index (χ0) is 38.8. The fourth-order valence-electron chi connectivity index (χ4n) is 9.82. The van der Waals surface area contributed by atoms with Crippen molar-refractivity contribution in [3.63, 3.8) is 0 Å². The molecular formula is C52H66Cl2Zr. The van der Waals surface area contributed by atoms with E-state index >= 15 is 0 Å². The van der Waals surface area contributed by atoms with Gasteiger partial charge in [-0.25, -0.2) is 0 Å². The smallest absolute Gasteiger partial charge is 1.00 e. The Bertz CT molecular complexity index is 1990. The van der Waals surface area contributed by atoms with Crippen LogP contribution in [0, 0.1) is 13.8 Å². The van der Waals surface area contributed by atoms with Crippen LogP contribution < -0.4 is 24.8 Å². The normalized spacial score (nSPS) is 18.3. The first-order chi connectivity index (χ1) is 24.4. The Kier molecular flexibility index (Phi) is 11.6. The van der Waals surface area contributed by atoms with E-state index in [-0.39, 0.29) is 46.5 Å². The number of halogens is 2. The molecular weight excluding hydrogens is 787 g/mol. The van der Waals surface area contributed by atoms with Crippen molar-refractivity contribution >= 4 is 12.2 Å². The fourth-order valence-corrected chi connectivity index (χ4v) is 28.0. The molecule has 0 bridgehead atoms. The number of hydrogen-bond donors (Lipinski definition) is 0. The van der Waals surface area contributed by atoms with Gasteiger partial charge >= 0.3 is 330 Å². The molecule has 2 atom stereocenters. The number of hydrogen-bond acceptors (Lipinski definition) is 0. The van der Waals surface area contributed by atoms with Crippen molar-refractivity contribution in [2.75, 3.05) is 0 Å². The van der Waals surface area contributed by atoms with Crippen LogP contribution >= 0.6 is 0 Å². The van der Waals surface area contributed by atoms with Crippen LogP contribution in [-0.2, 0) is 41.9 Å². The largest absolute Gasteiger partial charge is 1.00 e. The van der Waals surface area contributed by atoms with Crippen molar-refractivity contribution in [1.29, 1.82) is 0 Å². The summed E-state index contributed by atoms with van der Waals surface area (Å²) in [5.74, 6) is 0. The van der Waals surface area contributed by atoms with Crippen LogP contribution in [0.4, 0.5) is 0 Å². The molecule has 0 spiro atoms. The van der Waals surface area contributed by atoms with Crippen molar-refractivity contribution in [3.8, 4) is 22.3 Å². The minimum atomic E-state index is -2.86. The van der Waals surface area contributed by atoms with E-state index in [1.807, 2.05) is 0 Å². The standard InChI is InChI=1S/2C25H31.C2H4.2ClH.Zr/c2*1-16-11-22-17(2)9-10-21(23(22)12-16)18-13-19(24(3,4)5)15-20(14-18)25(6,7)8;1-2;;;/h2*9-15H,1-8H3;1-2H2;2*1H;/q;;;;;+2/p-2. The molecule has 1 aliphatic heterocycles. The molecule has 4 aromatic carbocycles. The maximum absolute atomic E-state index is 2.86. The van der Waals surface area contributed by atoms with E-state index < -0.39 is 20.3 Å². The van der Waals surface area contributed by atoms with E-state index in [0.29, 0.717) is 7.25 Å². The van der Waals surface area contributed by atoms with Crippen molar-refractivity contribution < 1.29 is 45.1 Å². The summed E-state index contributed by atoms with van der Waals surface area (Å²) in [4.78, 5) is 0. The third kappa shape index (κ3) is 7.75. The van der Waals surface area contributed by atoms with Crippen LogP contribution in [0.3, 0.4) is 0 Å².